The SMILES string of the molecule is C=CCCC(=O)c1sccc1Cl. The summed E-state index contributed by atoms with van der Waals surface area (Å²) in [6.07, 6.45) is 2.95. The Labute approximate surface area is 80.7 Å². The van der Waals surface area contributed by atoms with Crippen molar-refractivity contribution in [2.24, 2.45) is 0 Å². The zero-order chi connectivity index (χ0) is 8.97. The molecule has 1 rings (SSSR count). The smallest absolute Gasteiger partial charge is 0.174 e. The highest BCUT2D eigenvalue weighted by Gasteiger charge is 2.09. The van der Waals surface area contributed by atoms with Crippen LogP contribution in [0.1, 0.15) is 22.5 Å². The summed E-state index contributed by atoms with van der Waals surface area (Å²) in [5.41, 5.74) is 0. The average molecular weight is 201 g/mol. The van der Waals surface area contributed by atoms with E-state index in [-0.39, 0.29) is 5.78 Å². The lowest BCUT2D eigenvalue weighted by Crippen LogP contribution is -1.94. The van der Waals surface area contributed by atoms with E-state index in [2.05, 4.69) is 6.58 Å². The number of rotatable bonds is 4. The van der Waals surface area contributed by atoms with Crippen molar-refractivity contribution in [2.45, 2.75) is 12.8 Å². The number of thiophene rings is 1. The fraction of sp³-hybridized carbons (Fsp3) is 0.222. The molecule has 1 aromatic rings. The first-order valence-electron chi connectivity index (χ1n) is 3.62. The summed E-state index contributed by atoms with van der Waals surface area (Å²) >= 11 is 7.17. The molecule has 0 atom stereocenters. The highest BCUT2D eigenvalue weighted by atomic mass is 35.5. The van der Waals surface area contributed by atoms with Gasteiger partial charge in [-0.2, -0.15) is 0 Å². The van der Waals surface area contributed by atoms with Gasteiger partial charge < -0.3 is 0 Å². The van der Waals surface area contributed by atoms with Crippen LogP contribution in [0.5, 0.6) is 0 Å². The van der Waals surface area contributed by atoms with Gasteiger partial charge in [-0.15, -0.1) is 17.9 Å². The Bertz CT molecular complexity index is 290. The maximum Gasteiger partial charge on any atom is 0.174 e. The van der Waals surface area contributed by atoms with Crippen molar-refractivity contribution < 1.29 is 4.79 Å². The Morgan fingerprint density at radius 3 is 3.00 bits per heavy atom. The van der Waals surface area contributed by atoms with Gasteiger partial charge in [0, 0.05) is 6.42 Å². The van der Waals surface area contributed by atoms with Gasteiger partial charge in [0.1, 0.15) is 0 Å². The molecule has 0 aliphatic rings. The molecule has 64 valence electrons. The number of carbonyl (C=O) groups is 1. The molecule has 0 aliphatic carbocycles. The zero-order valence-corrected chi connectivity index (χ0v) is 8.12. The largest absolute Gasteiger partial charge is 0.293 e. The minimum absolute atomic E-state index is 0.106. The zero-order valence-electron chi connectivity index (χ0n) is 6.55. The second kappa shape index (κ2) is 4.43. The van der Waals surface area contributed by atoms with E-state index in [9.17, 15) is 4.79 Å². The summed E-state index contributed by atoms with van der Waals surface area (Å²) in [6.45, 7) is 3.55. The average Bonchev–Trinajstić information content (AvgIpc) is 2.47. The molecule has 0 N–H and O–H groups in total. The van der Waals surface area contributed by atoms with Crippen LogP contribution in [-0.2, 0) is 0 Å². The minimum atomic E-state index is 0.106. The highest BCUT2D eigenvalue weighted by molar-refractivity contribution is 7.12. The third-order valence-corrected chi connectivity index (χ3v) is 2.83. The van der Waals surface area contributed by atoms with Gasteiger partial charge in [-0.3, -0.25) is 4.79 Å². The van der Waals surface area contributed by atoms with E-state index in [1.54, 1.807) is 12.1 Å². The molecule has 3 heteroatoms. The topological polar surface area (TPSA) is 17.1 Å². The number of Topliss-reactive ketones (excluding diaryl/α,β-unsaturated/α-hetero) is 1. The molecule has 1 aromatic heterocycles. The fourth-order valence-corrected chi connectivity index (χ4v) is 1.97. The Morgan fingerprint density at radius 1 is 1.75 bits per heavy atom. The molecule has 0 fully saturated rings. The van der Waals surface area contributed by atoms with Gasteiger partial charge in [-0.1, -0.05) is 17.7 Å². The summed E-state index contributed by atoms with van der Waals surface area (Å²) in [5, 5.41) is 2.39. The first kappa shape index (κ1) is 9.49. The molecular weight excluding hydrogens is 192 g/mol. The molecule has 0 bridgehead atoms. The molecule has 0 amide bonds. The molecule has 0 saturated carbocycles. The van der Waals surface area contributed by atoms with Gasteiger partial charge in [-0.05, 0) is 17.9 Å². The number of allylic oxidation sites excluding steroid dienone is 1. The van der Waals surface area contributed by atoms with Crippen LogP contribution in [0.2, 0.25) is 5.02 Å². The summed E-state index contributed by atoms with van der Waals surface area (Å²) < 4.78 is 0. The van der Waals surface area contributed by atoms with E-state index >= 15 is 0 Å². The maximum atomic E-state index is 11.4. The van der Waals surface area contributed by atoms with Crippen LogP contribution in [0, 0.1) is 0 Å². The van der Waals surface area contributed by atoms with E-state index in [0.29, 0.717) is 22.7 Å². The molecular formula is C9H9ClOS. The number of hydrogen-bond donors (Lipinski definition) is 0. The summed E-state index contributed by atoms with van der Waals surface area (Å²) in [6, 6.07) is 1.74. The predicted octanol–water partition coefficient (Wildman–Crippen LogP) is 3.55. The molecule has 0 saturated heterocycles. The van der Waals surface area contributed by atoms with Crippen molar-refractivity contribution in [2.75, 3.05) is 0 Å². The number of halogens is 1. The Kier molecular flexibility index (Phi) is 3.50. The summed E-state index contributed by atoms with van der Waals surface area (Å²) in [5.74, 6) is 0.106. The van der Waals surface area contributed by atoms with Gasteiger partial charge in [-0.25, -0.2) is 0 Å². The number of hydrogen-bond acceptors (Lipinski definition) is 2. The Balaban J connectivity index is 2.65. The Morgan fingerprint density at radius 2 is 2.50 bits per heavy atom. The molecule has 0 unspecified atom stereocenters. The van der Waals surface area contributed by atoms with E-state index in [0.717, 1.165) is 0 Å². The van der Waals surface area contributed by atoms with Crippen molar-refractivity contribution in [3.63, 3.8) is 0 Å². The number of ketones is 1. The van der Waals surface area contributed by atoms with Gasteiger partial charge in [0.2, 0.25) is 0 Å². The van der Waals surface area contributed by atoms with Gasteiger partial charge in [0.05, 0.1) is 9.90 Å². The molecule has 0 aromatic carbocycles. The predicted molar refractivity (Wildman–Crippen MR) is 53.1 cm³/mol. The quantitative estimate of drug-likeness (QED) is 0.537. The van der Waals surface area contributed by atoms with Crippen molar-refractivity contribution in [3.8, 4) is 0 Å². The van der Waals surface area contributed by atoms with E-state index in [1.165, 1.54) is 11.3 Å². The lowest BCUT2D eigenvalue weighted by molar-refractivity contribution is 0.0988. The lowest BCUT2D eigenvalue weighted by Gasteiger charge is -1.94. The van der Waals surface area contributed by atoms with Crippen molar-refractivity contribution in [1.82, 2.24) is 0 Å². The standard InChI is InChI=1S/C9H9ClOS/c1-2-3-4-8(11)9-7(10)5-6-12-9/h2,5-6H,1,3-4H2. The van der Waals surface area contributed by atoms with Crippen LogP contribution in [0.4, 0.5) is 0 Å². The van der Waals surface area contributed by atoms with Crippen LogP contribution >= 0.6 is 22.9 Å². The van der Waals surface area contributed by atoms with Crippen LogP contribution < -0.4 is 0 Å². The fourth-order valence-electron chi connectivity index (χ4n) is 0.839. The van der Waals surface area contributed by atoms with Crippen molar-refractivity contribution in [1.29, 1.82) is 0 Å². The second-order valence-electron chi connectivity index (χ2n) is 2.35. The van der Waals surface area contributed by atoms with E-state index in [1.807, 2.05) is 5.38 Å². The molecule has 0 spiro atoms. The van der Waals surface area contributed by atoms with Crippen LogP contribution in [0.25, 0.3) is 0 Å². The third-order valence-electron chi connectivity index (χ3n) is 1.45. The van der Waals surface area contributed by atoms with Crippen molar-refractivity contribution in [3.05, 3.63) is 34.0 Å². The van der Waals surface area contributed by atoms with E-state index < -0.39 is 0 Å². The molecule has 12 heavy (non-hydrogen) atoms. The van der Waals surface area contributed by atoms with Gasteiger partial charge in [0.25, 0.3) is 0 Å². The molecule has 0 radical (unpaired) electrons. The molecule has 0 aliphatic heterocycles. The van der Waals surface area contributed by atoms with E-state index in [4.69, 9.17) is 11.6 Å². The first-order chi connectivity index (χ1) is 5.75. The van der Waals surface area contributed by atoms with Crippen molar-refractivity contribution >= 4 is 28.7 Å². The monoisotopic (exact) mass is 200 g/mol. The lowest BCUT2D eigenvalue weighted by atomic mass is 10.2. The summed E-state index contributed by atoms with van der Waals surface area (Å²) in [7, 11) is 0. The van der Waals surface area contributed by atoms with Gasteiger partial charge in [0.15, 0.2) is 5.78 Å². The molecule has 1 heterocycles. The Hall–Kier alpha value is -0.600. The summed E-state index contributed by atoms with van der Waals surface area (Å²) in [4.78, 5) is 12.0. The third kappa shape index (κ3) is 2.19. The second-order valence-corrected chi connectivity index (χ2v) is 3.67. The van der Waals surface area contributed by atoms with Crippen LogP contribution in [0.15, 0.2) is 24.1 Å². The normalized spacial score (nSPS) is 9.75. The van der Waals surface area contributed by atoms with Crippen LogP contribution in [0.3, 0.4) is 0 Å². The van der Waals surface area contributed by atoms with Crippen LogP contribution in [-0.4, -0.2) is 5.78 Å². The number of carbonyl (C=O) groups excluding carboxylic acids is 1. The first-order valence-corrected chi connectivity index (χ1v) is 4.88. The highest BCUT2D eigenvalue weighted by Crippen LogP contribution is 2.23. The van der Waals surface area contributed by atoms with Gasteiger partial charge >= 0.3 is 0 Å². The minimum Gasteiger partial charge on any atom is -0.293 e. The molecule has 1 nitrogen and oxygen atoms in total. The maximum absolute atomic E-state index is 11.4.